The Balaban J connectivity index is 2.56. The van der Waals surface area contributed by atoms with Gasteiger partial charge in [-0.05, 0) is 6.42 Å². The molecule has 0 saturated heterocycles. The molecule has 13 heavy (non-hydrogen) atoms. The van der Waals surface area contributed by atoms with Gasteiger partial charge in [-0.15, -0.1) is 0 Å². The third-order valence-corrected chi connectivity index (χ3v) is 1.84. The molecule has 5 heteroatoms. The molecule has 0 aromatic carbocycles. The van der Waals surface area contributed by atoms with E-state index in [9.17, 15) is 0 Å². The number of hydrogen-bond acceptors (Lipinski definition) is 4. The maximum atomic E-state index is 5.75. The summed E-state index contributed by atoms with van der Waals surface area (Å²) in [6, 6.07) is 1.84. The van der Waals surface area contributed by atoms with Crippen molar-refractivity contribution in [1.29, 1.82) is 0 Å². The smallest absolute Gasteiger partial charge is 0.254 e. The molecule has 0 radical (unpaired) electrons. The standard InChI is InChI=1S/C8H11N5/c1-2-3-6-4-7(9)13-8(12-6)10-5-11-13/h4-5H,2-3,9H2,1H3. The zero-order chi connectivity index (χ0) is 9.26. The van der Waals surface area contributed by atoms with E-state index in [4.69, 9.17) is 5.73 Å². The number of nitrogens with zero attached hydrogens (tertiary/aromatic N) is 4. The van der Waals surface area contributed by atoms with Crippen molar-refractivity contribution in [2.45, 2.75) is 19.8 Å². The van der Waals surface area contributed by atoms with Crippen molar-refractivity contribution in [1.82, 2.24) is 19.6 Å². The van der Waals surface area contributed by atoms with E-state index in [-0.39, 0.29) is 0 Å². The lowest BCUT2D eigenvalue weighted by molar-refractivity contribution is 0.861. The second kappa shape index (κ2) is 3.01. The molecule has 0 aliphatic carbocycles. The van der Waals surface area contributed by atoms with Gasteiger partial charge in [0, 0.05) is 11.8 Å². The first kappa shape index (κ1) is 7.97. The predicted octanol–water partition coefficient (Wildman–Crippen LogP) is 0.659. The van der Waals surface area contributed by atoms with E-state index < -0.39 is 0 Å². The van der Waals surface area contributed by atoms with E-state index >= 15 is 0 Å². The van der Waals surface area contributed by atoms with E-state index in [1.54, 1.807) is 0 Å². The normalized spacial score (nSPS) is 10.8. The van der Waals surface area contributed by atoms with Gasteiger partial charge in [0.2, 0.25) is 0 Å². The highest BCUT2D eigenvalue weighted by atomic mass is 15.3. The van der Waals surface area contributed by atoms with Crippen molar-refractivity contribution in [2.75, 3.05) is 5.73 Å². The fraction of sp³-hybridized carbons (Fsp3) is 0.375. The molecule has 0 atom stereocenters. The molecular weight excluding hydrogens is 166 g/mol. The Morgan fingerprint density at radius 1 is 1.54 bits per heavy atom. The van der Waals surface area contributed by atoms with Crippen molar-refractivity contribution in [2.24, 2.45) is 0 Å². The molecule has 5 nitrogen and oxygen atoms in total. The third-order valence-electron chi connectivity index (χ3n) is 1.84. The lowest BCUT2D eigenvalue weighted by Gasteiger charge is -2.00. The number of fused-ring (bicyclic) bond motifs is 1. The monoisotopic (exact) mass is 177 g/mol. The first-order chi connectivity index (χ1) is 6.31. The van der Waals surface area contributed by atoms with Crippen LogP contribution in [0.2, 0.25) is 0 Å². The molecule has 2 rings (SSSR count). The summed E-state index contributed by atoms with van der Waals surface area (Å²) >= 11 is 0. The SMILES string of the molecule is CCCc1cc(N)n2ncnc2n1. The summed E-state index contributed by atoms with van der Waals surface area (Å²) in [5, 5.41) is 3.94. The number of nitrogen functional groups attached to an aromatic ring is 1. The minimum atomic E-state index is 0.573. The molecule has 0 bridgehead atoms. The van der Waals surface area contributed by atoms with Crippen LogP contribution in [-0.2, 0) is 6.42 Å². The van der Waals surface area contributed by atoms with Gasteiger partial charge in [0.25, 0.3) is 5.78 Å². The van der Waals surface area contributed by atoms with Crippen LogP contribution in [0.15, 0.2) is 12.4 Å². The third kappa shape index (κ3) is 1.32. The van der Waals surface area contributed by atoms with Crippen molar-refractivity contribution in [3.63, 3.8) is 0 Å². The van der Waals surface area contributed by atoms with E-state index in [1.807, 2.05) is 6.07 Å². The van der Waals surface area contributed by atoms with Gasteiger partial charge in [0.05, 0.1) is 0 Å². The molecule has 0 saturated carbocycles. The summed E-state index contributed by atoms with van der Waals surface area (Å²) in [5.74, 6) is 1.16. The average molecular weight is 177 g/mol. The molecular formula is C8H11N5. The number of nitrogens with two attached hydrogens (primary N) is 1. The average Bonchev–Trinajstić information content (AvgIpc) is 2.53. The Hall–Kier alpha value is -1.65. The first-order valence-corrected chi connectivity index (χ1v) is 4.26. The summed E-state index contributed by atoms with van der Waals surface area (Å²) in [7, 11) is 0. The Morgan fingerprint density at radius 2 is 2.38 bits per heavy atom. The fourth-order valence-corrected chi connectivity index (χ4v) is 1.27. The highest BCUT2D eigenvalue weighted by Gasteiger charge is 2.03. The summed E-state index contributed by atoms with van der Waals surface area (Å²) < 4.78 is 1.53. The summed E-state index contributed by atoms with van der Waals surface area (Å²) in [6.45, 7) is 2.10. The second-order valence-electron chi connectivity index (χ2n) is 2.89. The molecule has 2 N–H and O–H groups in total. The van der Waals surface area contributed by atoms with Gasteiger partial charge in [-0.25, -0.2) is 4.98 Å². The van der Waals surface area contributed by atoms with Crippen LogP contribution in [0.5, 0.6) is 0 Å². The van der Waals surface area contributed by atoms with Crippen molar-refractivity contribution in [3.05, 3.63) is 18.1 Å². The number of anilines is 1. The molecule has 0 aliphatic rings. The highest BCUT2D eigenvalue weighted by molar-refractivity contribution is 5.41. The fourth-order valence-electron chi connectivity index (χ4n) is 1.27. The highest BCUT2D eigenvalue weighted by Crippen LogP contribution is 2.07. The lowest BCUT2D eigenvalue weighted by Crippen LogP contribution is -2.03. The molecule has 2 heterocycles. The second-order valence-corrected chi connectivity index (χ2v) is 2.89. The van der Waals surface area contributed by atoms with Crippen LogP contribution in [0.1, 0.15) is 19.0 Å². The van der Waals surface area contributed by atoms with Crippen LogP contribution in [0.25, 0.3) is 5.78 Å². The molecule has 68 valence electrons. The summed E-state index contributed by atoms with van der Waals surface area (Å²) in [4.78, 5) is 8.28. The number of aryl methyl sites for hydroxylation is 1. The predicted molar refractivity (Wildman–Crippen MR) is 49.2 cm³/mol. The van der Waals surface area contributed by atoms with Gasteiger partial charge in [0.1, 0.15) is 12.1 Å². The molecule has 0 amide bonds. The van der Waals surface area contributed by atoms with Gasteiger partial charge in [0.15, 0.2) is 0 Å². The van der Waals surface area contributed by atoms with Crippen molar-refractivity contribution in [3.8, 4) is 0 Å². The Bertz CT molecular complexity index is 419. The molecule has 0 aliphatic heterocycles. The van der Waals surface area contributed by atoms with E-state index in [0.29, 0.717) is 11.6 Å². The van der Waals surface area contributed by atoms with Crippen LogP contribution in [0, 0.1) is 0 Å². The zero-order valence-corrected chi connectivity index (χ0v) is 7.44. The lowest BCUT2D eigenvalue weighted by atomic mass is 10.2. The van der Waals surface area contributed by atoms with Crippen LogP contribution in [0.3, 0.4) is 0 Å². The summed E-state index contributed by atoms with van der Waals surface area (Å²) in [5.41, 5.74) is 6.72. The van der Waals surface area contributed by atoms with Crippen LogP contribution >= 0.6 is 0 Å². The van der Waals surface area contributed by atoms with Gasteiger partial charge in [-0.3, -0.25) is 0 Å². The molecule has 0 fully saturated rings. The van der Waals surface area contributed by atoms with Gasteiger partial charge in [-0.1, -0.05) is 13.3 Å². The number of hydrogen-bond donors (Lipinski definition) is 1. The Kier molecular flexibility index (Phi) is 1.84. The number of aromatic nitrogens is 4. The molecule has 0 spiro atoms. The van der Waals surface area contributed by atoms with Crippen molar-refractivity contribution >= 4 is 11.6 Å². The molecule has 2 aromatic rings. The van der Waals surface area contributed by atoms with Crippen LogP contribution in [-0.4, -0.2) is 19.6 Å². The Morgan fingerprint density at radius 3 is 3.15 bits per heavy atom. The topological polar surface area (TPSA) is 69.1 Å². The quantitative estimate of drug-likeness (QED) is 0.731. The van der Waals surface area contributed by atoms with Gasteiger partial charge in [-0.2, -0.15) is 14.6 Å². The van der Waals surface area contributed by atoms with E-state index in [2.05, 4.69) is 22.0 Å². The van der Waals surface area contributed by atoms with Crippen LogP contribution < -0.4 is 5.73 Å². The maximum absolute atomic E-state index is 5.75. The largest absolute Gasteiger partial charge is 0.383 e. The minimum Gasteiger partial charge on any atom is -0.383 e. The zero-order valence-electron chi connectivity index (χ0n) is 7.44. The maximum Gasteiger partial charge on any atom is 0.254 e. The molecule has 2 aromatic heterocycles. The summed E-state index contributed by atoms with van der Waals surface area (Å²) in [6.07, 6.45) is 3.43. The van der Waals surface area contributed by atoms with E-state index in [1.165, 1.54) is 10.8 Å². The number of rotatable bonds is 2. The van der Waals surface area contributed by atoms with Gasteiger partial charge < -0.3 is 5.73 Å². The van der Waals surface area contributed by atoms with Gasteiger partial charge >= 0.3 is 0 Å². The van der Waals surface area contributed by atoms with E-state index in [0.717, 1.165) is 18.5 Å². The van der Waals surface area contributed by atoms with Crippen molar-refractivity contribution < 1.29 is 0 Å². The minimum absolute atomic E-state index is 0.573. The first-order valence-electron chi connectivity index (χ1n) is 4.26. The molecule has 0 unspecified atom stereocenters. The van der Waals surface area contributed by atoms with Crippen LogP contribution in [0.4, 0.5) is 5.82 Å². The Labute approximate surface area is 75.6 Å².